The highest BCUT2D eigenvalue weighted by Gasteiger charge is 2.20. The number of benzene rings is 1. The maximum atomic E-state index is 11.9. The van der Waals surface area contributed by atoms with Gasteiger partial charge in [-0.3, -0.25) is 4.79 Å². The molecule has 0 spiro atoms. The van der Waals surface area contributed by atoms with Crippen LogP contribution in [0.2, 0.25) is 5.02 Å². The molecule has 0 aromatic heterocycles. The number of carbonyl (C=O) groups excluding carboxylic acids is 1. The zero-order valence-corrected chi connectivity index (χ0v) is 11.8. The van der Waals surface area contributed by atoms with Crippen LogP contribution >= 0.6 is 11.6 Å². The first-order valence-corrected chi connectivity index (χ1v) is 7.30. The van der Waals surface area contributed by atoms with E-state index in [4.69, 9.17) is 16.3 Å². The van der Waals surface area contributed by atoms with Crippen LogP contribution < -0.4 is 10.1 Å². The van der Waals surface area contributed by atoms with Gasteiger partial charge in [-0.1, -0.05) is 43.0 Å². The minimum atomic E-state index is 0.169. The lowest BCUT2D eigenvalue weighted by Crippen LogP contribution is -2.34. The van der Waals surface area contributed by atoms with Gasteiger partial charge in [0.25, 0.3) is 0 Å². The first kappa shape index (κ1) is 14.2. The Morgan fingerprint density at radius 3 is 2.74 bits per heavy atom. The van der Waals surface area contributed by atoms with E-state index in [2.05, 4.69) is 5.32 Å². The van der Waals surface area contributed by atoms with Crippen molar-refractivity contribution in [2.75, 3.05) is 13.2 Å². The van der Waals surface area contributed by atoms with Gasteiger partial charge in [0.2, 0.25) is 5.91 Å². The van der Waals surface area contributed by atoms with Gasteiger partial charge in [0.1, 0.15) is 12.4 Å². The number of nitrogens with one attached hydrogen (secondary N) is 1. The van der Waals surface area contributed by atoms with E-state index >= 15 is 0 Å². The number of ether oxygens (including phenoxy) is 1. The molecule has 3 nitrogen and oxygen atoms in total. The first-order chi connectivity index (χ1) is 9.27. The largest absolute Gasteiger partial charge is 0.490 e. The van der Waals surface area contributed by atoms with Gasteiger partial charge in [0.15, 0.2) is 0 Å². The molecule has 1 aromatic rings. The number of rotatable bonds is 5. The van der Waals surface area contributed by atoms with E-state index in [0.717, 1.165) is 12.8 Å². The standard InChI is InChI=1S/C15H20ClNO2/c16-13-8-4-5-9-14(13)19-11-10-17-15(18)12-6-2-1-3-7-12/h4-5,8-9,12H,1-3,6-7,10-11H2,(H,17,18). The van der Waals surface area contributed by atoms with E-state index in [-0.39, 0.29) is 11.8 Å². The number of para-hydroxylation sites is 1. The molecule has 1 N–H and O–H groups in total. The topological polar surface area (TPSA) is 38.3 Å². The van der Waals surface area contributed by atoms with Crippen LogP contribution in [0.25, 0.3) is 0 Å². The van der Waals surface area contributed by atoms with Crippen LogP contribution in [0.4, 0.5) is 0 Å². The molecule has 0 heterocycles. The second-order valence-corrected chi connectivity index (χ2v) is 5.31. The molecule has 19 heavy (non-hydrogen) atoms. The normalized spacial score (nSPS) is 16.1. The second kappa shape index (κ2) is 7.39. The van der Waals surface area contributed by atoms with Crippen molar-refractivity contribution in [1.29, 1.82) is 0 Å². The molecule has 1 aromatic carbocycles. The summed E-state index contributed by atoms with van der Waals surface area (Å²) in [5.41, 5.74) is 0. The smallest absolute Gasteiger partial charge is 0.223 e. The van der Waals surface area contributed by atoms with Crippen molar-refractivity contribution in [3.8, 4) is 5.75 Å². The summed E-state index contributed by atoms with van der Waals surface area (Å²) < 4.78 is 5.53. The van der Waals surface area contributed by atoms with Crippen molar-refractivity contribution in [1.82, 2.24) is 5.32 Å². The van der Waals surface area contributed by atoms with E-state index in [0.29, 0.717) is 23.9 Å². The van der Waals surface area contributed by atoms with Crippen LogP contribution in [-0.2, 0) is 4.79 Å². The highest BCUT2D eigenvalue weighted by atomic mass is 35.5. The van der Waals surface area contributed by atoms with Crippen molar-refractivity contribution in [3.05, 3.63) is 29.3 Å². The van der Waals surface area contributed by atoms with E-state index in [1.807, 2.05) is 18.2 Å². The summed E-state index contributed by atoms with van der Waals surface area (Å²) in [6, 6.07) is 7.35. The van der Waals surface area contributed by atoms with Gasteiger partial charge in [-0.25, -0.2) is 0 Å². The number of hydrogen-bond acceptors (Lipinski definition) is 2. The molecule has 2 rings (SSSR count). The van der Waals surface area contributed by atoms with Gasteiger partial charge in [-0.2, -0.15) is 0 Å². The summed E-state index contributed by atoms with van der Waals surface area (Å²) in [6.07, 6.45) is 5.66. The van der Waals surface area contributed by atoms with Gasteiger partial charge in [0.05, 0.1) is 11.6 Å². The second-order valence-electron chi connectivity index (χ2n) is 4.90. The Kier molecular flexibility index (Phi) is 5.52. The molecule has 0 radical (unpaired) electrons. The third-order valence-electron chi connectivity index (χ3n) is 3.47. The van der Waals surface area contributed by atoms with E-state index in [9.17, 15) is 4.79 Å². The molecule has 1 amide bonds. The van der Waals surface area contributed by atoms with Gasteiger partial charge in [0, 0.05) is 5.92 Å². The predicted molar refractivity (Wildman–Crippen MR) is 76.5 cm³/mol. The zero-order chi connectivity index (χ0) is 13.5. The summed E-state index contributed by atoms with van der Waals surface area (Å²) in [4.78, 5) is 11.9. The monoisotopic (exact) mass is 281 g/mol. The highest BCUT2D eigenvalue weighted by molar-refractivity contribution is 6.32. The summed E-state index contributed by atoms with van der Waals surface area (Å²) in [6.45, 7) is 0.975. The average molecular weight is 282 g/mol. The molecule has 1 aliphatic carbocycles. The molecule has 0 unspecified atom stereocenters. The Morgan fingerprint density at radius 1 is 1.26 bits per heavy atom. The third-order valence-corrected chi connectivity index (χ3v) is 3.78. The quantitative estimate of drug-likeness (QED) is 0.840. The summed E-state index contributed by atoms with van der Waals surface area (Å²) in [5, 5.41) is 3.53. The minimum Gasteiger partial charge on any atom is -0.490 e. The molecule has 1 saturated carbocycles. The molecular formula is C15H20ClNO2. The van der Waals surface area contributed by atoms with Crippen LogP contribution in [0.5, 0.6) is 5.75 Å². The van der Waals surface area contributed by atoms with E-state index in [1.165, 1.54) is 19.3 Å². The molecule has 1 aliphatic rings. The predicted octanol–water partition coefficient (Wildman–Crippen LogP) is 3.42. The lowest BCUT2D eigenvalue weighted by Gasteiger charge is -2.20. The molecular weight excluding hydrogens is 262 g/mol. The Balaban J connectivity index is 1.66. The average Bonchev–Trinajstić information content (AvgIpc) is 2.46. The van der Waals surface area contributed by atoms with Crippen molar-refractivity contribution in [3.63, 3.8) is 0 Å². The van der Waals surface area contributed by atoms with Crippen molar-refractivity contribution < 1.29 is 9.53 Å². The molecule has 4 heteroatoms. The van der Waals surface area contributed by atoms with Crippen LogP contribution in [0.1, 0.15) is 32.1 Å². The lowest BCUT2D eigenvalue weighted by atomic mass is 9.89. The van der Waals surface area contributed by atoms with Crippen molar-refractivity contribution in [2.45, 2.75) is 32.1 Å². The van der Waals surface area contributed by atoms with Gasteiger partial charge >= 0.3 is 0 Å². The van der Waals surface area contributed by atoms with Crippen LogP contribution in [0, 0.1) is 5.92 Å². The maximum absolute atomic E-state index is 11.9. The Bertz CT molecular complexity index is 416. The maximum Gasteiger partial charge on any atom is 0.223 e. The number of halogens is 1. The molecule has 0 bridgehead atoms. The SMILES string of the molecule is O=C(NCCOc1ccccc1Cl)C1CCCCC1. The van der Waals surface area contributed by atoms with Gasteiger partial charge in [-0.15, -0.1) is 0 Å². The molecule has 0 aliphatic heterocycles. The van der Waals surface area contributed by atoms with E-state index in [1.54, 1.807) is 6.07 Å². The van der Waals surface area contributed by atoms with Crippen molar-refractivity contribution in [2.24, 2.45) is 5.92 Å². The summed E-state index contributed by atoms with van der Waals surface area (Å²) >= 11 is 5.98. The Labute approximate surface area is 119 Å². The third kappa shape index (κ3) is 4.43. The van der Waals surface area contributed by atoms with Gasteiger partial charge in [-0.05, 0) is 25.0 Å². The summed E-state index contributed by atoms with van der Waals surface area (Å²) in [7, 11) is 0. The van der Waals surface area contributed by atoms with Crippen LogP contribution in [-0.4, -0.2) is 19.1 Å². The van der Waals surface area contributed by atoms with E-state index < -0.39 is 0 Å². The van der Waals surface area contributed by atoms with Crippen molar-refractivity contribution >= 4 is 17.5 Å². The molecule has 0 atom stereocenters. The summed E-state index contributed by atoms with van der Waals surface area (Å²) in [5.74, 6) is 1.03. The van der Waals surface area contributed by atoms with Crippen LogP contribution in [0.3, 0.4) is 0 Å². The fourth-order valence-electron chi connectivity index (χ4n) is 2.41. The number of carbonyl (C=O) groups is 1. The van der Waals surface area contributed by atoms with Gasteiger partial charge < -0.3 is 10.1 Å². The molecule has 104 valence electrons. The number of amides is 1. The fourth-order valence-corrected chi connectivity index (χ4v) is 2.60. The minimum absolute atomic E-state index is 0.169. The molecule has 0 saturated heterocycles. The molecule has 1 fully saturated rings. The number of hydrogen-bond donors (Lipinski definition) is 1. The zero-order valence-electron chi connectivity index (χ0n) is 11.0. The lowest BCUT2D eigenvalue weighted by molar-refractivity contribution is -0.126. The fraction of sp³-hybridized carbons (Fsp3) is 0.533. The Hall–Kier alpha value is -1.22. The highest BCUT2D eigenvalue weighted by Crippen LogP contribution is 2.24. The van der Waals surface area contributed by atoms with Crippen LogP contribution in [0.15, 0.2) is 24.3 Å². The Morgan fingerprint density at radius 2 is 2.00 bits per heavy atom. The first-order valence-electron chi connectivity index (χ1n) is 6.92.